The molecule has 4 rings (SSSR count). The number of aryl methyl sites for hydroxylation is 1. The van der Waals surface area contributed by atoms with Gasteiger partial charge in [0.1, 0.15) is 11.5 Å². The van der Waals surface area contributed by atoms with Crippen LogP contribution in [0.1, 0.15) is 31.9 Å². The summed E-state index contributed by atoms with van der Waals surface area (Å²) in [5, 5.41) is 7.66. The summed E-state index contributed by atoms with van der Waals surface area (Å²) in [6.45, 7) is 4.68. The molecule has 0 radical (unpaired) electrons. The Labute approximate surface area is 146 Å². The Hall–Kier alpha value is -2.95. The van der Waals surface area contributed by atoms with E-state index in [9.17, 15) is 4.79 Å². The fraction of sp³-hybridized carbons (Fsp3) is 0.250. The van der Waals surface area contributed by atoms with E-state index in [1.807, 2.05) is 30.3 Å². The van der Waals surface area contributed by atoms with Crippen molar-refractivity contribution in [3.05, 3.63) is 54.4 Å². The van der Waals surface area contributed by atoms with Crippen LogP contribution < -0.4 is 5.32 Å². The molecule has 3 heterocycles. The van der Waals surface area contributed by atoms with Crippen LogP contribution in [0.15, 0.2) is 48.7 Å². The Kier molecular flexibility index (Phi) is 3.84. The van der Waals surface area contributed by atoms with Gasteiger partial charge in [-0.05, 0) is 24.1 Å². The van der Waals surface area contributed by atoms with Gasteiger partial charge in [0, 0.05) is 42.4 Å². The molecule has 0 saturated heterocycles. The first-order valence-corrected chi connectivity index (χ1v) is 8.53. The Morgan fingerprint density at radius 2 is 2.00 bits per heavy atom. The Bertz CT molecular complexity index is 930. The van der Waals surface area contributed by atoms with Crippen LogP contribution in [0.3, 0.4) is 0 Å². The van der Waals surface area contributed by atoms with Crippen molar-refractivity contribution in [2.45, 2.75) is 32.7 Å². The monoisotopic (exact) mass is 332 g/mol. The van der Waals surface area contributed by atoms with Gasteiger partial charge in [0.15, 0.2) is 0 Å². The van der Waals surface area contributed by atoms with Crippen molar-refractivity contribution in [2.24, 2.45) is 0 Å². The van der Waals surface area contributed by atoms with Gasteiger partial charge in [0.2, 0.25) is 5.91 Å². The standard InChI is InChI=1S/C20H20N4O/c1-13-9-11-24-20(13)18(19(23-24)15-6-4-3-5-7-15)16-8-10-21-17(12-16)22-14(2)25/h3-8,10,12-13H,9,11H2,1-2H3,(H,21,22,25). The molecule has 1 aliphatic heterocycles. The van der Waals surface area contributed by atoms with Crippen LogP contribution in [0, 0.1) is 0 Å². The van der Waals surface area contributed by atoms with E-state index in [0.29, 0.717) is 11.7 Å². The summed E-state index contributed by atoms with van der Waals surface area (Å²) in [4.78, 5) is 15.6. The smallest absolute Gasteiger partial charge is 0.222 e. The average Bonchev–Trinajstić information content (AvgIpc) is 3.15. The van der Waals surface area contributed by atoms with Crippen LogP contribution in [-0.4, -0.2) is 20.7 Å². The number of pyridine rings is 1. The third-order valence-electron chi connectivity index (χ3n) is 4.63. The lowest BCUT2D eigenvalue weighted by atomic mass is 9.94. The second-order valence-corrected chi connectivity index (χ2v) is 6.50. The van der Waals surface area contributed by atoms with E-state index in [1.54, 1.807) is 6.20 Å². The predicted molar refractivity (Wildman–Crippen MR) is 98.2 cm³/mol. The number of anilines is 1. The highest BCUT2D eigenvalue weighted by Crippen LogP contribution is 2.42. The summed E-state index contributed by atoms with van der Waals surface area (Å²) in [7, 11) is 0. The van der Waals surface area contributed by atoms with Crippen molar-refractivity contribution < 1.29 is 4.79 Å². The molecule has 3 aromatic rings. The molecule has 5 heteroatoms. The molecular weight excluding hydrogens is 312 g/mol. The number of benzene rings is 1. The number of aromatic nitrogens is 3. The van der Waals surface area contributed by atoms with Crippen molar-refractivity contribution in [2.75, 3.05) is 5.32 Å². The van der Waals surface area contributed by atoms with Gasteiger partial charge in [0.05, 0.1) is 0 Å². The fourth-order valence-corrected chi connectivity index (χ4v) is 3.52. The van der Waals surface area contributed by atoms with Crippen molar-refractivity contribution >= 4 is 11.7 Å². The number of carbonyl (C=O) groups excluding carboxylic acids is 1. The molecule has 1 aliphatic rings. The van der Waals surface area contributed by atoms with E-state index in [0.717, 1.165) is 35.3 Å². The van der Waals surface area contributed by atoms with Gasteiger partial charge in [0.25, 0.3) is 0 Å². The number of nitrogens with one attached hydrogen (secondary N) is 1. The quantitative estimate of drug-likeness (QED) is 0.786. The zero-order valence-corrected chi connectivity index (χ0v) is 14.4. The number of rotatable bonds is 3. The molecule has 0 bridgehead atoms. The van der Waals surface area contributed by atoms with Gasteiger partial charge in [-0.1, -0.05) is 37.3 Å². The van der Waals surface area contributed by atoms with E-state index in [2.05, 4.69) is 34.0 Å². The molecule has 126 valence electrons. The zero-order chi connectivity index (χ0) is 17.4. The van der Waals surface area contributed by atoms with E-state index in [4.69, 9.17) is 5.10 Å². The first-order chi connectivity index (χ1) is 12.1. The van der Waals surface area contributed by atoms with Crippen LogP contribution in [0.4, 0.5) is 5.82 Å². The normalized spacial score (nSPS) is 15.8. The summed E-state index contributed by atoms with van der Waals surface area (Å²) in [5.74, 6) is 0.897. The summed E-state index contributed by atoms with van der Waals surface area (Å²) >= 11 is 0. The second-order valence-electron chi connectivity index (χ2n) is 6.50. The topological polar surface area (TPSA) is 59.8 Å². The lowest BCUT2D eigenvalue weighted by Crippen LogP contribution is -2.07. The molecule has 1 aromatic carbocycles. The molecule has 0 fully saturated rings. The van der Waals surface area contributed by atoms with Crippen LogP contribution in [0.2, 0.25) is 0 Å². The van der Waals surface area contributed by atoms with Crippen molar-refractivity contribution in [3.63, 3.8) is 0 Å². The number of carbonyl (C=O) groups is 1. The van der Waals surface area contributed by atoms with Crippen LogP contribution in [0.25, 0.3) is 22.4 Å². The number of fused-ring (bicyclic) bond motifs is 1. The molecule has 5 nitrogen and oxygen atoms in total. The maximum atomic E-state index is 11.4. The number of amides is 1. The highest BCUT2D eigenvalue weighted by Gasteiger charge is 2.28. The van der Waals surface area contributed by atoms with Gasteiger partial charge in [-0.15, -0.1) is 0 Å². The first kappa shape index (κ1) is 15.6. The van der Waals surface area contributed by atoms with Gasteiger partial charge in [-0.25, -0.2) is 4.98 Å². The van der Waals surface area contributed by atoms with E-state index < -0.39 is 0 Å². The van der Waals surface area contributed by atoms with E-state index in [-0.39, 0.29) is 5.91 Å². The lowest BCUT2D eigenvalue weighted by Gasteiger charge is -2.10. The molecule has 1 atom stereocenters. The third kappa shape index (κ3) is 2.82. The van der Waals surface area contributed by atoms with E-state index in [1.165, 1.54) is 12.6 Å². The van der Waals surface area contributed by atoms with Crippen LogP contribution in [-0.2, 0) is 11.3 Å². The average molecular weight is 332 g/mol. The van der Waals surface area contributed by atoms with Gasteiger partial charge in [-0.3, -0.25) is 9.48 Å². The molecule has 0 aliphatic carbocycles. The SMILES string of the molecule is CC(=O)Nc1cc(-c2c(-c3ccccc3)nn3c2C(C)CC3)ccn1. The number of hydrogen-bond acceptors (Lipinski definition) is 3. The summed E-state index contributed by atoms with van der Waals surface area (Å²) in [5.41, 5.74) is 5.53. The molecular formula is C20H20N4O. The Balaban J connectivity index is 1.90. The Morgan fingerprint density at radius 3 is 2.76 bits per heavy atom. The van der Waals surface area contributed by atoms with Crippen molar-refractivity contribution in [1.29, 1.82) is 0 Å². The highest BCUT2D eigenvalue weighted by atomic mass is 16.1. The summed E-state index contributed by atoms with van der Waals surface area (Å²) < 4.78 is 2.13. The molecule has 1 unspecified atom stereocenters. The molecule has 0 spiro atoms. The zero-order valence-electron chi connectivity index (χ0n) is 14.4. The molecule has 1 amide bonds. The second kappa shape index (κ2) is 6.16. The largest absolute Gasteiger partial charge is 0.311 e. The minimum absolute atomic E-state index is 0.124. The van der Waals surface area contributed by atoms with Gasteiger partial charge >= 0.3 is 0 Å². The Morgan fingerprint density at radius 1 is 1.20 bits per heavy atom. The minimum Gasteiger partial charge on any atom is -0.311 e. The molecule has 0 saturated carbocycles. The predicted octanol–water partition coefficient (Wildman–Crippen LogP) is 4.08. The summed E-state index contributed by atoms with van der Waals surface area (Å²) in [6.07, 6.45) is 2.84. The molecule has 2 aromatic heterocycles. The fourth-order valence-electron chi connectivity index (χ4n) is 3.52. The van der Waals surface area contributed by atoms with Gasteiger partial charge < -0.3 is 5.32 Å². The van der Waals surface area contributed by atoms with E-state index >= 15 is 0 Å². The van der Waals surface area contributed by atoms with Crippen molar-refractivity contribution in [3.8, 4) is 22.4 Å². The molecule has 1 N–H and O–H groups in total. The number of hydrogen-bond donors (Lipinski definition) is 1. The molecule has 25 heavy (non-hydrogen) atoms. The van der Waals surface area contributed by atoms with Crippen molar-refractivity contribution in [1.82, 2.24) is 14.8 Å². The maximum absolute atomic E-state index is 11.4. The summed E-state index contributed by atoms with van der Waals surface area (Å²) in [6, 6.07) is 14.2. The van der Waals surface area contributed by atoms with Gasteiger partial charge in [-0.2, -0.15) is 5.10 Å². The number of nitrogens with zero attached hydrogens (tertiary/aromatic N) is 3. The maximum Gasteiger partial charge on any atom is 0.222 e. The third-order valence-corrected chi connectivity index (χ3v) is 4.63. The first-order valence-electron chi connectivity index (χ1n) is 8.53. The highest BCUT2D eigenvalue weighted by molar-refractivity contribution is 5.89. The van der Waals surface area contributed by atoms with Crippen LogP contribution >= 0.6 is 0 Å². The van der Waals surface area contributed by atoms with Crippen LogP contribution in [0.5, 0.6) is 0 Å². The minimum atomic E-state index is -0.124. The lowest BCUT2D eigenvalue weighted by molar-refractivity contribution is -0.114.